The average Bonchev–Trinajstić information content (AvgIpc) is 2.67. The van der Waals surface area contributed by atoms with Gasteiger partial charge in [-0.05, 0) is 97.2 Å². The summed E-state index contributed by atoms with van der Waals surface area (Å²) in [6.07, 6.45) is 6.72. The van der Waals surface area contributed by atoms with Gasteiger partial charge in [0.15, 0.2) is 0 Å². The molecule has 0 aromatic heterocycles. The first-order valence-corrected chi connectivity index (χ1v) is 9.88. The van der Waals surface area contributed by atoms with Crippen LogP contribution >= 0.6 is 0 Å². The second-order valence-electron chi connectivity index (χ2n) is 7.93. The highest BCUT2D eigenvalue weighted by atomic mass is 19.4. The van der Waals surface area contributed by atoms with Crippen LogP contribution in [0, 0.1) is 5.92 Å². The third-order valence-corrected chi connectivity index (χ3v) is 6.26. The van der Waals surface area contributed by atoms with E-state index in [4.69, 9.17) is 0 Å². The van der Waals surface area contributed by atoms with Crippen molar-refractivity contribution < 1.29 is 13.2 Å². The molecule has 2 aromatic carbocycles. The lowest BCUT2D eigenvalue weighted by Crippen LogP contribution is -2.20. The van der Waals surface area contributed by atoms with Gasteiger partial charge in [0.2, 0.25) is 0 Å². The number of rotatable bonds is 2. The summed E-state index contributed by atoms with van der Waals surface area (Å²) in [5.41, 5.74) is 6.44. The standard InChI is InChI=1S/C24H25F3/c1-2-3-16-4-12-22-19(14-16)5-6-20-15-18(9-13-23(20)22)17-7-10-21(11-8-17)24(25,26)27/h2-3,5-8,10-11,16,18H,4,9,12-15H2,1H3/t16-,18-/m0/s1. The highest BCUT2D eigenvalue weighted by Gasteiger charge is 2.31. The lowest BCUT2D eigenvalue weighted by molar-refractivity contribution is -0.137. The Labute approximate surface area is 159 Å². The van der Waals surface area contributed by atoms with Crippen molar-refractivity contribution in [2.45, 2.75) is 57.5 Å². The van der Waals surface area contributed by atoms with Crippen molar-refractivity contribution in [2.75, 3.05) is 0 Å². The molecule has 2 aromatic rings. The lowest BCUT2D eigenvalue weighted by Gasteiger charge is -2.31. The number of halogens is 3. The van der Waals surface area contributed by atoms with E-state index in [-0.39, 0.29) is 0 Å². The Morgan fingerprint density at radius 3 is 2.11 bits per heavy atom. The maximum atomic E-state index is 12.8. The first-order valence-electron chi connectivity index (χ1n) is 9.88. The van der Waals surface area contributed by atoms with Gasteiger partial charge < -0.3 is 0 Å². The van der Waals surface area contributed by atoms with Crippen molar-refractivity contribution in [3.63, 3.8) is 0 Å². The van der Waals surface area contributed by atoms with E-state index in [1.165, 1.54) is 35.2 Å². The summed E-state index contributed by atoms with van der Waals surface area (Å²) in [5.74, 6) is 0.973. The third kappa shape index (κ3) is 3.69. The second-order valence-corrected chi connectivity index (χ2v) is 7.93. The topological polar surface area (TPSA) is 0 Å². The Balaban J connectivity index is 1.54. The molecule has 4 rings (SSSR count). The van der Waals surface area contributed by atoms with Crippen LogP contribution in [0.4, 0.5) is 13.2 Å². The summed E-state index contributed by atoms with van der Waals surface area (Å²) in [6, 6.07) is 10.3. The Kier molecular flexibility index (Phi) is 4.88. The third-order valence-electron chi connectivity index (χ3n) is 6.26. The van der Waals surface area contributed by atoms with E-state index in [2.05, 4.69) is 31.2 Å². The molecule has 0 nitrogen and oxygen atoms in total. The first-order chi connectivity index (χ1) is 13.0. The van der Waals surface area contributed by atoms with Gasteiger partial charge in [-0.3, -0.25) is 0 Å². The number of hydrogen-bond donors (Lipinski definition) is 0. The molecular formula is C24H25F3. The van der Waals surface area contributed by atoms with E-state index in [1.807, 2.05) is 0 Å². The predicted molar refractivity (Wildman–Crippen MR) is 103 cm³/mol. The Hall–Kier alpha value is -2.03. The molecule has 0 heterocycles. The molecule has 0 aliphatic heterocycles. The fourth-order valence-electron chi connectivity index (χ4n) is 4.86. The van der Waals surface area contributed by atoms with Crippen LogP contribution in [0.15, 0.2) is 48.6 Å². The molecule has 0 bridgehead atoms. The van der Waals surface area contributed by atoms with Crippen LogP contribution in [0.1, 0.15) is 59.1 Å². The highest BCUT2D eigenvalue weighted by molar-refractivity contribution is 5.46. The summed E-state index contributed by atoms with van der Waals surface area (Å²) < 4.78 is 38.4. The molecule has 2 aliphatic rings. The fraction of sp³-hybridized carbons (Fsp3) is 0.417. The van der Waals surface area contributed by atoms with Crippen molar-refractivity contribution >= 4 is 0 Å². The van der Waals surface area contributed by atoms with Crippen LogP contribution in [-0.2, 0) is 31.9 Å². The molecule has 2 aliphatic carbocycles. The summed E-state index contributed by atoms with van der Waals surface area (Å²) in [6.45, 7) is 2.09. The number of alkyl halides is 3. The SMILES string of the molecule is CC=C[C@H]1CCc2c(ccc3c2CC[C@H](c2ccc(C(F)(F)F)cc2)C3)C1. The summed E-state index contributed by atoms with van der Waals surface area (Å²) >= 11 is 0. The van der Waals surface area contributed by atoms with Gasteiger partial charge in [0.25, 0.3) is 0 Å². The fourth-order valence-corrected chi connectivity index (χ4v) is 4.86. The molecule has 0 unspecified atom stereocenters. The molecule has 0 spiro atoms. The molecule has 0 fully saturated rings. The second kappa shape index (κ2) is 7.18. The molecule has 0 saturated carbocycles. The number of hydrogen-bond acceptors (Lipinski definition) is 0. The van der Waals surface area contributed by atoms with Gasteiger partial charge >= 0.3 is 6.18 Å². The van der Waals surface area contributed by atoms with Gasteiger partial charge in [-0.15, -0.1) is 0 Å². The van der Waals surface area contributed by atoms with E-state index in [9.17, 15) is 13.2 Å². The van der Waals surface area contributed by atoms with Gasteiger partial charge in [0, 0.05) is 0 Å². The molecular weight excluding hydrogens is 345 g/mol. The first kappa shape index (κ1) is 18.3. The van der Waals surface area contributed by atoms with Crippen LogP contribution in [0.25, 0.3) is 0 Å². The normalized spacial score (nSPS) is 22.5. The number of fused-ring (bicyclic) bond motifs is 3. The van der Waals surface area contributed by atoms with Crippen molar-refractivity contribution in [1.82, 2.24) is 0 Å². The van der Waals surface area contributed by atoms with E-state index in [0.29, 0.717) is 11.8 Å². The van der Waals surface area contributed by atoms with Crippen molar-refractivity contribution in [3.05, 3.63) is 81.9 Å². The summed E-state index contributed by atoms with van der Waals surface area (Å²) in [7, 11) is 0. The Bertz CT molecular complexity index is 843. The zero-order valence-corrected chi connectivity index (χ0v) is 15.7. The zero-order valence-electron chi connectivity index (χ0n) is 15.7. The van der Waals surface area contributed by atoms with Gasteiger partial charge in [0.1, 0.15) is 0 Å². The minimum atomic E-state index is -4.26. The predicted octanol–water partition coefficient (Wildman–Crippen LogP) is 6.66. The summed E-state index contributed by atoms with van der Waals surface area (Å²) in [5, 5.41) is 0. The molecule has 2 atom stereocenters. The van der Waals surface area contributed by atoms with E-state index >= 15 is 0 Å². The molecule has 0 saturated heterocycles. The molecule has 0 amide bonds. The minimum absolute atomic E-state index is 0.317. The van der Waals surface area contributed by atoms with E-state index in [0.717, 1.165) is 37.7 Å². The van der Waals surface area contributed by atoms with Crippen LogP contribution in [0.5, 0.6) is 0 Å². The minimum Gasteiger partial charge on any atom is -0.166 e. The largest absolute Gasteiger partial charge is 0.416 e. The molecule has 27 heavy (non-hydrogen) atoms. The van der Waals surface area contributed by atoms with Crippen molar-refractivity contribution in [2.24, 2.45) is 5.92 Å². The smallest absolute Gasteiger partial charge is 0.166 e. The number of benzene rings is 2. The van der Waals surface area contributed by atoms with Crippen LogP contribution in [-0.4, -0.2) is 0 Å². The van der Waals surface area contributed by atoms with Crippen LogP contribution < -0.4 is 0 Å². The Morgan fingerprint density at radius 2 is 1.48 bits per heavy atom. The Morgan fingerprint density at radius 1 is 0.852 bits per heavy atom. The van der Waals surface area contributed by atoms with Crippen LogP contribution in [0.2, 0.25) is 0 Å². The van der Waals surface area contributed by atoms with Gasteiger partial charge in [-0.2, -0.15) is 13.2 Å². The van der Waals surface area contributed by atoms with Gasteiger partial charge in [-0.25, -0.2) is 0 Å². The van der Waals surface area contributed by atoms with Gasteiger partial charge in [0.05, 0.1) is 5.56 Å². The monoisotopic (exact) mass is 370 g/mol. The van der Waals surface area contributed by atoms with Gasteiger partial charge in [-0.1, -0.05) is 36.4 Å². The number of allylic oxidation sites excluding steroid dienone is 2. The van der Waals surface area contributed by atoms with Crippen molar-refractivity contribution in [1.29, 1.82) is 0 Å². The van der Waals surface area contributed by atoms with E-state index in [1.54, 1.807) is 17.7 Å². The van der Waals surface area contributed by atoms with Crippen LogP contribution in [0.3, 0.4) is 0 Å². The molecule has 3 heteroatoms. The lowest BCUT2D eigenvalue weighted by atomic mass is 9.74. The zero-order chi connectivity index (χ0) is 19.0. The van der Waals surface area contributed by atoms with E-state index < -0.39 is 11.7 Å². The molecule has 0 radical (unpaired) electrons. The average molecular weight is 370 g/mol. The summed E-state index contributed by atoms with van der Waals surface area (Å²) in [4.78, 5) is 0. The maximum absolute atomic E-state index is 12.8. The quantitative estimate of drug-likeness (QED) is 0.519. The highest BCUT2D eigenvalue weighted by Crippen LogP contribution is 2.39. The molecule has 0 N–H and O–H groups in total. The maximum Gasteiger partial charge on any atom is 0.416 e. The molecule has 142 valence electrons. The van der Waals surface area contributed by atoms with Crippen molar-refractivity contribution in [3.8, 4) is 0 Å².